The van der Waals surface area contributed by atoms with Crippen molar-refractivity contribution in [2.75, 3.05) is 12.0 Å². The molecule has 0 heterocycles. The van der Waals surface area contributed by atoms with Crippen molar-refractivity contribution in [3.8, 4) is 0 Å². The van der Waals surface area contributed by atoms with E-state index in [1.165, 1.54) is 6.92 Å². The van der Waals surface area contributed by atoms with Gasteiger partial charge in [-0.05, 0) is 55.2 Å². The number of Topliss-reactive ketones (excluding diaryl/α,β-unsaturated/α-hetero) is 1. The van der Waals surface area contributed by atoms with Gasteiger partial charge in [-0.15, -0.1) is 0 Å². The van der Waals surface area contributed by atoms with Crippen molar-refractivity contribution >= 4 is 37.3 Å². The summed E-state index contributed by atoms with van der Waals surface area (Å²) in [6.07, 6.45) is -3.09. The second-order valence-corrected chi connectivity index (χ2v) is 13.9. The fraction of sp³-hybridized carbons (Fsp3) is 0.423. The molecule has 3 N–H and O–H groups in total. The third kappa shape index (κ3) is 8.82. The van der Waals surface area contributed by atoms with Crippen molar-refractivity contribution in [1.29, 1.82) is 0 Å². The van der Waals surface area contributed by atoms with E-state index >= 15 is 0 Å². The Balaban J connectivity index is 1.98. The molecule has 1 unspecified atom stereocenters. The number of alkyl halides is 3. The molecular formula is C26H29F4N3O7S2. The summed E-state index contributed by atoms with van der Waals surface area (Å²) in [6.45, 7) is 1.43. The molecule has 3 atom stereocenters. The highest BCUT2D eigenvalue weighted by molar-refractivity contribution is 7.92. The molecule has 0 aliphatic heterocycles. The fourth-order valence-corrected chi connectivity index (χ4v) is 6.13. The Morgan fingerprint density at radius 3 is 2.07 bits per heavy atom. The maximum absolute atomic E-state index is 14.1. The van der Waals surface area contributed by atoms with Crippen molar-refractivity contribution in [2.24, 2.45) is 0 Å². The molecule has 10 nitrogen and oxygen atoms in total. The van der Waals surface area contributed by atoms with Gasteiger partial charge in [0.25, 0.3) is 5.91 Å². The third-order valence-corrected chi connectivity index (χ3v) is 9.23. The van der Waals surface area contributed by atoms with Crippen LogP contribution in [0.25, 0.3) is 0 Å². The van der Waals surface area contributed by atoms with Crippen molar-refractivity contribution in [3.63, 3.8) is 0 Å². The van der Waals surface area contributed by atoms with E-state index < -0.39 is 83.6 Å². The summed E-state index contributed by atoms with van der Waals surface area (Å²) in [5.74, 6) is -5.53. The monoisotopic (exact) mass is 635 g/mol. The van der Waals surface area contributed by atoms with Crippen LogP contribution in [0.2, 0.25) is 0 Å². The van der Waals surface area contributed by atoms with Gasteiger partial charge in [-0.25, -0.2) is 21.2 Å². The van der Waals surface area contributed by atoms with Gasteiger partial charge >= 0.3 is 6.18 Å². The number of carbonyl (C=O) groups is 3. The van der Waals surface area contributed by atoms with Gasteiger partial charge in [-0.2, -0.15) is 13.2 Å². The van der Waals surface area contributed by atoms with Crippen LogP contribution in [0.1, 0.15) is 37.8 Å². The first-order chi connectivity index (χ1) is 19.4. The third-order valence-electron chi connectivity index (χ3n) is 6.37. The minimum atomic E-state index is -5.10. The Morgan fingerprint density at radius 2 is 1.55 bits per heavy atom. The molecule has 0 radical (unpaired) electrons. The normalized spacial score (nSPS) is 16.2. The number of hydrogen-bond acceptors (Lipinski definition) is 8. The van der Waals surface area contributed by atoms with Crippen LogP contribution < -0.4 is 16.0 Å². The summed E-state index contributed by atoms with van der Waals surface area (Å²) in [7, 11) is -8.50. The lowest BCUT2D eigenvalue weighted by molar-refractivity contribution is -0.160. The number of carbonyl (C=O) groups excluding carboxylic acids is 3. The number of sulfone groups is 2. The zero-order chi connectivity index (χ0) is 31.5. The van der Waals surface area contributed by atoms with Gasteiger partial charge in [0.05, 0.1) is 21.6 Å². The van der Waals surface area contributed by atoms with E-state index in [0.717, 1.165) is 54.8 Å². The number of nitrogens with one attached hydrogen (secondary N) is 3. The highest BCUT2D eigenvalue weighted by atomic mass is 32.2. The van der Waals surface area contributed by atoms with E-state index in [-0.39, 0.29) is 17.4 Å². The maximum Gasteiger partial charge on any atom is 0.407 e. The van der Waals surface area contributed by atoms with Gasteiger partial charge in [0.15, 0.2) is 19.7 Å². The average Bonchev–Trinajstić information content (AvgIpc) is 3.72. The van der Waals surface area contributed by atoms with E-state index in [4.69, 9.17) is 0 Å². The van der Waals surface area contributed by atoms with Crippen LogP contribution in [0, 0.1) is 5.82 Å². The smallest absolute Gasteiger partial charge is 0.347 e. The fourth-order valence-electron chi connectivity index (χ4n) is 3.92. The molecule has 0 spiro atoms. The zero-order valence-corrected chi connectivity index (χ0v) is 24.1. The Bertz CT molecular complexity index is 1540. The first kappa shape index (κ1) is 33.1. The number of ketones is 1. The van der Waals surface area contributed by atoms with Crippen LogP contribution in [-0.4, -0.2) is 70.7 Å². The largest absolute Gasteiger partial charge is 0.407 e. The summed E-state index contributed by atoms with van der Waals surface area (Å²) in [5.41, 5.74) is -0.537. The van der Waals surface area contributed by atoms with E-state index in [9.17, 15) is 48.8 Å². The first-order valence-corrected chi connectivity index (χ1v) is 16.2. The van der Waals surface area contributed by atoms with Crippen LogP contribution in [0.4, 0.5) is 17.6 Å². The molecule has 1 aliphatic carbocycles. The van der Waals surface area contributed by atoms with Crippen molar-refractivity contribution in [3.05, 3.63) is 59.9 Å². The molecule has 2 amide bonds. The maximum atomic E-state index is 14.1. The second kappa shape index (κ2) is 12.9. The molecule has 1 saturated carbocycles. The number of amides is 2. The van der Waals surface area contributed by atoms with Gasteiger partial charge < -0.3 is 10.6 Å². The predicted octanol–water partition coefficient (Wildman–Crippen LogP) is 2.01. The first-order valence-electron chi connectivity index (χ1n) is 12.7. The van der Waals surface area contributed by atoms with Crippen molar-refractivity contribution in [1.82, 2.24) is 16.0 Å². The molecule has 16 heteroatoms. The highest BCUT2D eigenvalue weighted by Gasteiger charge is 2.44. The molecule has 42 heavy (non-hydrogen) atoms. The number of benzene rings is 2. The molecule has 0 saturated heterocycles. The minimum Gasteiger partial charge on any atom is -0.347 e. The Kier molecular flexibility index (Phi) is 10.2. The molecule has 3 rings (SSSR count). The van der Waals surface area contributed by atoms with Gasteiger partial charge in [0.1, 0.15) is 17.9 Å². The molecule has 1 fully saturated rings. The summed E-state index contributed by atoms with van der Waals surface area (Å²) in [6, 6.07) is 0.685. The summed E-state index contributed by atoms with van der Waals surface area (Å²) < 4.78 is 106. The Hall–Kier alpha value is -3.37. The molecule has 2 aromatic rings. The average molecular weight is 636 g/mol. The van der Waals surface area contributed by atoms with E-state index in [2.05, 4.69) is 10.6 Å². The van der Waals surface area contributed by atoms with Crippen LogP contribution in [0.5, 0.6) is 0 Å². The van der Waals surface area contributed by atoms with Crippen LogP contribution >= 0.6 is 0 Å². The molecule has 230 valence electrons. The molecule has 1 aliphatic rings. The highest BCUT2D eigenvalue weighted by Crippen LogP contribution is 2.33. The quantitative estimate of drug-likeness (QED) is 0.223. The van der Waals surface area contributed by atoms with E-state index in [1.807, 2.05) is 5.32 Å². The molecule has 0 bridgehead atoms. The lowest BCUT2D eigenvalue weighted by Crippen LogP contribution is -2.56. The topological polar surface area (TPSA) is 156 Å². The molecule has 2 aromatic carbocycles. The molecular weight excluding hydrogens is 606 g/mol. The lowest BCUT2D eigenvalue weighted by Gasteiger charge is -2.28. The number of halogens is 4. The van der Waals surface area contributed by atoms with Gasteiger partial charge in [0.2, 0.25) is 11.7 Å². The number of rotatable bonds is 13. The lowest BCUT2D eigenvalue weighted by atomic mass is 10.0. The summed E-state index contributed by atoms with van der Waals surface area (Å²) >= 11 is 0. The van der Waals surface area contributed by atoms with Crippen LogP contribution in [-0.2, 0) is 34.1 Å². The van der Waals surface area contributed by atoms with Crippen LogP contribution in [0.3, 0.4) is 0 Å². The number of hydrogen-bond donors (Lipinski definition) is 3. The van der Waals surface area contributed by atoms with Gasteiger partial charge in [0, 0.05) is 12.3 Å². The van der Waals surface area contributed by atoms with Crippen molar-refractivity contribution in [2.45, 2.75) is 66.3 Å². The Labute approximate surface area is 240 Å². The van der Waals surface area contributed by atoms with Crippen molar-refractivity contribution < 1.29 is 48.8 Å². The SMILES string of the molecule is CCC(NC(=O)[C@H](CS(=O)(=O)c1cccc(S(C)(=O)=O)c1)N[C@@H](c1ccc(F)cc1)C(F)(F)F)C(=O)C(=O)NC1CC1. The molecule has 0 aromatic heterocycles. The zero-order valence-electron chi connectivity index (χ0n) is 22.4. The van der Waals surface area contributed by atoms with Gasteiger partial charge in [-0.3, -0.25) is 19.7 Å². The summed E-state index contributed by atoms with van der Waals surface area (Å²) in [4.78, 5) is 37.2. The summed E-state index contributed by atoms with van der Waals surface area (Å²) in [5, 5.41) is 6.59. The standard InChI is InChI=1S/C26H29F4N3O7S2/c1-3-20(22(34)25(36)31-17-11-12-17)33-24(35)21(32-23(26(28,29)30)15-7-9-16(27)10-8-15)14-42(39,40)19-6-4-5-18(13-19)41(2,37)38/h4-10,13,17,20-21,23,32H,3,11-12,14H2,1-2H3,(H,31,36)(H,33,35)/t20?,21-,23-/m0/s1. The Morgan fingerprint density at radius 1 is 0.952 bits per heavy atom. The minimum absolute atomic E-state index is 0.140. The van der Waals surface area contributed by atoms with Gasteiger partial charge in [-0.1, -0.05) is 25.1 Å². The van der Waals surface area contributed by atoms with Crippen LogP contribution in [0.15, 0.2) is 58.3 Å². The van der Waals surface area contributed by atoms with E-state index in [1.54, 1.807) is 0 Å². The second-order valence-electron chi connectivity index (χ2n) is 9.86. The van der Waals surface area contributed by atoms with E-state index in [0.29, 0.717) is 12.8 Å². The predicted molar refractivity (Wildman–Crippen MR) is 142 cm³/mol.